The highest BCUT2D eigenvalue weighted by Gasteiger charge is 2.50. The van der Waals surface area contributed by atoms with Crippen LogP contribution < -0.4 is 10.1 Å². The van der Waals surface area contributed by atoms with Gasteiger partial charge in [0.15, 0.2) is 11.6 Å². The summed E-state index contributed by atoms with van der Waals surface area (Å²) in [6.45, 7) is 0.427. The van der Waals surface area contributed by atoms with Crippen molar-refractivity contribution in [3.63, 3.8) is 0 Å². The maximum absolute atomic E-state index is 14.4. The summed E-state index contributed by atoms with van der Waals surface area (Å²) in [5.41, 5.74) is -1.23. The quantitative estimate of drug-likeness (QED) is 0.884. The Morgan fingerprint density at radius 3 is 2.74 bits per heavy atom. The van der Waals surface area contributed by atoms with E-state index in [9.17, 15) is 14.0 Å². The summed E-state index contributed by atoms with van der Waals surface area (Å²) in [4.78, 5) is 26.6. The highest BCUT2D eigenvalue weighted by atomic mass is 19.1. The molecule has 1 aromatic carbocycles. The van der Waals surface area contributed by atoms with E-state index in [0.717, 1.165) is 0 Å². The fourth-order valence-corrected chi connectivity index (χ4v) is 3.08. The molecule has 126 valence electrons. The van der Waals surface area contributed by atoms with E-state index >= 15 is 0 Å². The lowest BCUT2D eigenvalue weighted by atomic mass is 9.95. The molecule has 0 spiro atoms. The molecule has 2 rings (SSSR count). The first-order chi connectivity index (χ1) is 11.0. The maximum Gasteiger partial charge on any atom is 0.257 e. The van der Waals surface area contributed by atoms with Gasteiger partial charge in [-0.3, -0.25) is 9.59 Å². The Kier molecular flexibility index (Phi) is 5.20. The van der Waals surface area contributed by atoms with E-state index in [1.54, 1.807) is 6.07 Å². The van der Waals surface area contributed by atoms with Crippen molar-refractivity contribution in [1.82, 2.24) is 10.2 Å². The molecule has 1 unspecified atom stereocenters. The van der Waals surface area contributed by atoms with Gasteiger partial charge in [-0.05, 0) is 25.0 Å². The molecule has 0 aromatic heterocycles. The minimum atomic E-state index is -1.11. The first-order valence-electron chi connectivity index (χ1n) is 7.37. The average Bonchev–Trinajstić information content (AvgIpc) is 2.99. The van der Waals surface area contributed by atoms with Crippen molar-refractivity contribution >= 4 is 11.8 Å². The highest BCUT2D eigenvalue weighted by molar-refractivity contribution is 6.00. The van der Waals surface area contributed by atoms with Crippen LogP contribution in [0.3, 0.4) is 0 Å². The third-order valence-corrected chi connectivity index (χ3v) is 4.18. The van der Waals surface area contributed by atoms with Crippen LogP contribution in [0.1, 0.15) is 23.2 Å². The van der Waals surface area contributed by atoms with Gasteiger partial charge in [-0.2, -0.15) is 0 Å². The first kappa shape index (κ1) is 17.2. The van der Waals surface area contributed by atoms with E-state index in [4.69, 9.17) is 9.47 Å². The molecular weight excluding hydrogens is 303 g/mol. The SMILES string of the molecule is CNC(=O)C1(COC)CCCN1C(=O)c1cccc(OC)c1F. The molecule has 0 bridgehead atoms. The molecule has 1 aromatic rings. The smallest absolute Gasteiger partial charge is 0.257 e. The molecule has 1 atom stereocenters. The highest BCUT2D eigenvalue weighted by Crippen LogP contribution is 2.33. The number of amides is 2. The van der Waals surface area contributed by atoms with Crippen LogP contribution in [0.4, 0.5) is 4.39 Å². The zero-order valence-corrected chi connectivity index (χ0v) is 13.5. The number of hydrogen-bond acceptors (Lipinski definition) is 4. The number of carbonyl (C=O) groups is 2. The normalized spacial score (nSPS) is 20.4. The lowest BCUT2D eigenvalue weighted by Crippen LogP contribution is -2.59. The second-order valence-corrected chi connectivity index (χ2v) is 5.43. The Balaban J connectivity index is 2.43. The number of ether oxygens (including phenoxy) is 2. The summed E-state index contributed by atoms with van der Waals surface area (Å²) in [5, 5.41) is 2.57. The number of likely N-dealkylation sites (N-methyl/N-ethyl adjacent to an activating group) is 1. The van der Waals surface area contributed by atoms with Gasteiger partial charge >= 0.3 is 0 Å². The number of nitrogens with zero attached hydrogens (tertiary/aromatic N) is 1. The van der Waals surface area contributed by atoms with Crippen molar-refractivity contribution in [2.75, 3.05) is 34.4 Å². The van der Waals surface area contributed by atoms with E-state index < -0.39 is 17.3 Å². The Morgan fingerprint density at radius 1 is 1.39 bits per heavy atom. The van der Waals surface area contributed by atoms with E-state index in [0.29, 0.717) is 19.4 Å². The van der Waals surface area contributed by atoms with Crippen molar-refractivity contribution in [3.05, 3.63) is 29.6 Å². The van der Waals surface area contributed by atoms with Gasteiger partial charge in [0.1, 0.15) is 5.54 Å². The molecule has 0 saturated carbocycles. The van der Waals surface area contributed by atoms with Gasteiger partial charge in [-0.1, -0.05) is 6.07 Å². The minimum Gasteiger partial charge on any atom is -0.494 e. The summed E-state index contributed by atoms with van der Waals surface area (Å²) >= 11 is 0. The Bertz CT molecular complexity index is 608. The number of likely N-dealkylation sites (tertiary alicyclic amines) is 1. The first-order valence-corrected chi connectivity index (χ1v) is 7.37. The van der Waals surface area contributed by atoms with Crippen molar-refractivity contribution in [2.24, 2.45) is 0 Å². The van der Waals surface area contributed by atoms with Gasteiger partial charge in [0.05, 0.1) is 19.3 Å². The predicted molar refractivity (Wildman–Crippen MR) is 81.9 cm³/mol. The lowest BCUT2D eigenvalue weighted by molar-refractivity contribution is -0.133. The van der Waals surface area contributed by atoms with Crippen LogP contribution in [0.25, 0.3) is 0 Å². The van der Waals surface area contributed by atoms with Crippen molar-refractivity contribution in [3.8, 4) is 5.75 Å². The standard InChI is InChI=1S/C16H21FN2O4/c1-18-15(21)16(10-22-2)8-5-9-19(16)14(20)11-6-4-7-12(23-3)13(11)17/h4,6-7H,5,8-10H2,1-3H3,(H,18,21). The molecule has 0 radical (unpaired) electrons. The number of halogens is 1. The molecule has 7 heteroatoms. The average molecular weight is 324 g/mol. The van der Waals surface area contributed by atoms with Crippen molar-refractivity contribution in [1.29, 1.82) is 0 Å². The summed E-state index contributed by atoms with van der Waals surface area (Å²) in [6.07, 6.45) is 1.12. The van der Waals surface area contributed by atoms with E-state index in [-0.39, 0.29) is 23.8 Å². The fraction of sp³-hybridized carbons (Fsp3) is 0.500. The maximum atomic E-state index is 14.4. The molecule has 23 heavy (non-hydrogen) atoms. The third kappa shape index (κ3) is 2.88. The molecule has 1 fully saturated rings. The van der Waals surface area contributed by atoms with Crippen LogP contribution in [0.5, 0.6) is 5.75 Å². The van der Waals surface area contributed by atoms with Crippen LogP contribution in [0.2, 0.25) is 0 Å². The topological polar surface area (TPSA) is 67.9 Å². The molecule has 1 saturated heterocycles. The number of nitrogens with one attached hydrogen (secondary N) is 1. The Labute approximate surface area is 134 Å². The summed E-state index contributed by atoms with van der Waals surface area (Å²) < 4.78 is 24.5. The summed E-state index contributed by atoms with van der Waals surface area (Å²) in [5.74, 6) is -1.59. The van der Waals surface area contributed by atoms with Gasteiger partial charge in [-0.15, -0.1) is 0 Å². The molecular formula is C16H21FN2O4. The van der Waals surface area contributed by atoms with Gasteiger partial charge in [-0.25, -0.2) is 4.39 Å². The van der Waals surface area contributed by atoms with Gasteiger partial charge in [0.2, 0.25) is 5.91 Å². The molecule has 1 aliphatic rings. The molecule has 1 aliphatic heterocycles. The molecule has 6 nitrogen and oxygen atoms in total. The molecule has 0 aliphatic carbocycles. The van der Waals surface area contributed by atoms with Crippen molar-refractivity contribution < 1.29 is 23.5 Å². The molecule has 1 N–H and O–H groups in total. The van der Waals surface area contributed by atoms with Crippen LogP contribution in [-0.2, 0) is 9.53 Å². The van der Waals surface area contributed by atoms with Gasteiger partial charge < -0.3 is 19.7 Å². The number of hydrogen-bond donors (Lipinski definition) is 1. The minimum absolute atomic E-state index is 0.00710. The van der Waals surface area contributed by atoms with Crippen LogP contribution in [-0.4, -0.2) is 56.7 Å². The summed E-state index contributed by atoms with van der Waals surface area (Å²) in [7, 11) is 4.31. The van der Waals surface area contributed by atoms with E-state index in [1.165, 1.54) is 38.3 Å². The molecule has 1 heterocycles. The van der Waals surface area contributed by atoms with Crippen LogP contribution in [0.15, 0.2) is 18.2 Å². The predicted octanol–water partition coefficient (Wildman–Crippen LogP) is 1.20. The molecule has 2 amide bonds. The van der Waals surface area contributed by atoms with Gasteiger partial charge in [0.25, 0.3) is 5.91 Å². The number of rotatable bonds is 5. The Morgan fingerprint density at radius 2 is 2.13 bits per heavy atom. The second kappa shape index (κ2) is 6.95. The number of carbonyl (C=O) groups excluding carboxylic acids is 2. The van der Waals surface area contributed by atoms with E-state index in [1.807, 2.05) is 0 Å². The van der Waals surface area contributed by atoms with Crippen LogP contribution >= 0.6 is 0 Å². The number of methoxy groups -OCH3 is 2. The fourth-order valence-electron chi connectivity index (χ4n) is 3.08. The van der Waals surface area contributed by atoms with Crippen LogP contribution in [0, 0.1) is 5.82 Å². The zero-order valence-electron chi connectivity index (χ0n) is 13.5. The largest absolute Gasteiger partial charge is 0.494 e. The van der Waals surface area contributed by atoms with Crippen molar-refractivity contribution in [2.45, 2.75) is 18.4 Å². The zero-order chi connectivity index (χ0) is 17.0. The Hall–Kier alpha value is -2.15. The second-order valence-electron chi connectivity index (χ2n) is 5.43. The monoisotopic (exact) mass is 324 g/mol. The number of benzene rings is 1. The van der Waals surface area contributed by atoms with E-state index in [2.05, 4.69) is 5.32 Å². The van der Waals surface area contributed by atoms with Gasteiger partial charge in [0, 0.05) is 20.7 Å². The third-order valence-electron chi connectivity index (χ3n) is 4.18. The summed E-state index contributed by atoms with van der Waals surface area (Å²) in [6, 6.07) is 4.38. The lowest BCUT2D eigenvalue weighted by Gasteiger charge is -2.36.